The molecule has 0 aliphatic carbocycles. The highest BCUT2D eigenvalue weighted by molar-refractivity contribution is 5.95. The van der Waals surface area contributed by atoms with Gasteiger partial charge in [0.2, 0.25) is 5.91 Å². The Morgan fingerprint density at radius 1 is 1.15 bits per heavy atom. The van der Waals surface area contributed by atoms with Crippen molar-refractivity contribution in [3.05, 3.63) is 41.2 Å². The Morgan fingerprint density at radius 3 is 2.35 bits per heavy atom. The van der Waals surface area contributed by atoms with Gasteiger partial charge in [-0.2, -0.15) is 0 Å². The lowest BCUT2D eigenvalue weighted by Crippen LogP contribution is -2.32. The molecule has 0 saturated carbocycles. The molecule has 2 aromatic rings. The number of hydrogen-bond donors (Lipinski definition) is 2. The molecule has 1 atom stereocenters. The Balaban J connectivity index is 2.00. The molecule has 0 bridgehead atoms. The van der Waals surface area contributed by atoms with Crippen LogP contribution >= 0.6 is 0 Å². The summed E-state index contributed by atoms with van der Waals surface area (Å²) in [6.45, 7) is 7.64. The Kier molecular flexibility index (Phi) is 4.08. The predicted octanol–water partition coefficient (Wildman–Crippen LogP) is 3.04. The SMILES string of the molecule is Cc1cc(C)cc(N[C@H](C)C(=O)Nc2cc(C)on2)c1. The van der Waals surface area contributed by atoms with Gasteiger partial charge in [-0.1, -0.05) is 11.2 Å². The first-order valence-electron chi connectivity index (χ1n) is 6.53. The molecule has 0 aliphatic heterocycles. The number of benzene rings is 1. The van der Waals surface area contributed by atoms with Crippen LogP contribution in [0.2, 0.25) is 0 Å². The van der Waals surface area contributed by atoms with Crippen LogP contribution in [0.25, 0.3) is 0 Å². The maximum absolute atomic E-state index is 12.0. The van der Waals surface area contributed by atoms with Gasteiger partial charge in [0.25, 0.3) is 0 Å². The Labute approximate surface area is 118 Å². The number of nitrogens with zero attached hydrogens (tertiary/aromatic N) is 1. The summed E-state index contributed by atoms with van der Waals surface area (Å²) in [6.07, 6.45) is 0. The molecule has 5 heteroatoms. The standard InChI is InChI=1S/C15H19N3O2/c1-9-5-10(2)7-13(6-9)16-12(4)15(19)17-14-8-11(3)20-18-14/h5-8,12,16H,1-4H3,(H,17,18,19)/t12-/m1/s1. The van der Waals surface area contributed by atoms with Crippen LogP contribution in [-0.4, -0.2) is 17.1 Å². The first-order valence-corrected chi connectivity index (χ1v) is 6.53. The van der Waals surface area contributed by atoms with Gasteiger partial charge in [0.1, 0.15) is 11.8 Å². The third-order valence-corrected chi connectivity index (χ3v) is 2.88. The molecular formula is C15H19N3O2. The average molecular weight is 273 g/mol. The van der Waals surface area contributed by atoms with Crippen LogP contribution in [0.15, 0.2) is 28.8 Å². The van der Waals surface area contributed by atoms with E-state index in [9.17, 15) is 4.79 Å². The number of hydrogen-bond acceptors (Lipinski definition) is 4. The van der Waals surface area contributed by atoms with E-state index in [1.807, 2.05) is 26.0 Å². The quantitative estimate of drug-likeness (QED) is 0.898. The van der Waals surface area contributed by atoms with E-state index >= 15 is 0 Å². The molecule has 5 nitrogen and oxygen atoms in total. The molecule has 0 aliphatic rings. The fourth-order valence-corrected chi connectivity index (χ4v) is 2.03. The Bertz CT molecular complexity index is 599. The van der Waals surface area contributed by atoms with Crippen LogP contribution in [0.1, 0.15) is 23.8 Å². The minimum absolute atomic E-state index is 0.155. The van der Waals surface area contributed by atoms with Crippen molar-refractivity contribution in [2.75, 3.05) is 10.6 Å². The highest BCUT2D eigenvalue weighted by atomic mass is 16.5. The van der Waals surface area contributed by atoms with Gasteiger partial charge in [0.05, 0.1) is 0 Å². The smallest absolute Gasteiger partial charge is 0.247 e. The van der Waals surface area contributed by atoms with E-state index in [0.717, 1.165) is 16.8 Å². The summed E-state index contributed by atoms with van der Waals surface area (Å²) in [5, 5.41) is 9.62. The van der Waals surface area contributed by atoms with Crippen molar-refractivity contribution < 1.29 is 9.32 Å². The first-order chi connectivity index (χ1) is 9.44. The van der Waals surface area contributed by atoms with Gasteiger partial charge in [-0.15, -0.1) is 0 Å². The number of rotatable bonds is 4. The van der Waals surface area contributed by atoms with Crippen LogP contribution in [0.3, 0.4) is 0 Å². The first kappa shape index (κ1) is 14.1. The van der Waals surface area contributed by atoms with Gasteiger partial charge in [-0.05, 0) is 51.0 Å². The molecule has 2 N–H and O–H groups in total. The van der Waals surface area contributed by atoms with E-state index in [2.05, 4.69) is 21.9 Å². The number of aromatic nitrogens is 1. The predicted molar refractivity (Wildman–Crippen MR) is 78.9 cm³/mol. The second-order valence-corrected chi connectivity index (χ2v) is 5.05. The summed E-state index contributed by atoms with van der Waals surface area (Å²) in [5.41, 5.74) is 3.25. The Hall–Kier alpha value is -2.30. The Morgan fingerprint density at radius 2 is 1.80 bits per heavy atom. The van der Waals surface area contributed by atoms with Crippen molar-refractivity contribution in [1.29, 1.82) is 0 Å². The van der Waals surface area contributed by atoms with Crippen molar-refractivity contribution in [2.24, 2.45) is 0 Å². The van der Waals surface area contributed by atoms with Crippen LogP contribution in [0.5, 0.6) is 0 Å². The molecule has 0 saturated heterocycles. The van der Waals surface area contributed by atoms with Crippen LogP contribution < -0.4 is 10.6 Å². The van der Waals surface area contributed by atoms with Gasteiger partial charge in [-0.25, -0.2) is 0 Å². The van der Waals surface area contributed by atoms with Crippen LogP contribution in [-0.2, 0) is 4.79 Å². The van der Waals surface area contributed by atoms with E-state index in [0.29, 0.717) is 11.6 Å². The molecule has 1 amide bonds. The maximum Gasteiger partial charge on any atom is 0.247 e. The molecule has 1 aromatic heterocycles. The molecule has 2 rings (SSSR count). The fourth-order valence-electron chi connectivity index (χ4n) is 2.03. The molecule has 0 spiro atoms. The molecule has 0 fully saturated rings. The highest BCUT2D eigenvalue weighted by Crippen LogP contribution is 2.15. The summed E-state index contributed by atoms with van der Waals surface area (Å²) in [4.78, 5) is 12.0. The molecule has 20 heavy (non-hydrogen) atoms. The van der Waals surface area contributed by atoms with Crippen molar-refractivity contribution in [2.45, 2.75) is 33.7 Å². The molecule has 1 heterocycles. The van der Waals surface area contributed by atoms with Crippen molar-refractivity contribution in [3.8, 4) is 0 Å². The minimum atomic E-state index is -0.367. The summed E-state index contributed by atoms with van der Waals surface area (Å²) in [5.74, 6) is 0.939. The average Bonchev–Trinajstić information content (AvgIpc) is 2.73. The number of aryl methyl sites for hydroxylation is 3. The lowest BCUT2D eigenvalue weighted by molar-refractivity contribution is -0.116. The van der Waals surface area contributed by atoms with Crippen molar-refractivity contribution in [3.63, 3.8) is 0 Å². The lowest BCUT2D eigenvalue weighted by Gasteiger charge is -2.15. The van der Waals surface area contributed by atoms with Crippen LogP contribution in [0.4, 0.5) is 11.5 Å². The second-order valence-electron chi connectivity index (χ2n) is 5.05. The van der Waals surface area contributed by atoms with E-state index in [4.69, 9.17) is 4.52 Å². The minimum Gasteiger partial charge on any atom is -0.374 e. The summed E-state index contributed by atoms with van der Waals surface area (Å²) in [6, 6.07) is 7.43. The summed E-state index contributed by atoms with van der Waals surface area (Å²) in [7, 11) is 0. The summed E-state index contributed by atoms with van der Waals surface area (Å²) < 4.78 is 4.91. The largest absolute Gasteiger partial charge is 0.374 e. The van der Waals surface area contributed by atoms with E-state index in [-0.39, 0.29) is 11.9 Å². The molecular weight excluding hydrogens is 254 g/mol. The van der Waals surface area contributed by atoms with E-state index in [1.165, 1.54) is 0 Å². The highest BCUT2D eigenvalue weighted by Gasteiger charge is 2.14. The van der Waals surface area contributed by atoms with Gasteiger partial charge >= 0.3 is 0 Å². The number of nitrogens with one attached hydrogen (secondary N) is 2. The maximum atomic E-state index is 12.0. The molecule has 0 unspecified atom stereocenters. The zero-order chi connectivity index (χ0) is 14.7. The topological polar surface area (TPSA) is 67.2 Å². The van der Waals surface area contributed by atoms with Crippen LogP contribution in [0, 0.1) is 20.8 Å². The number of anilines is 2. The van der Waals surface area contributed by atoms with E-state index < -0.39 is 0 Å². The van der Waals surface area contributed by atoms with Crippen molar-refractivity contribution in [1.82, 2.24) is 5.16 Å². The fraction of sp³-hybridized carbons (Fsp3) is 0.333. The third-order valence-electron chi connectivity index (χ3n) is 2.88. The number of amides is 1. The monoisotopic (exact) mass is 273 g/mol. The van der Waals surface area contributed by atoms with Gasteiger partial charge in [0.15, 0.2) is 5.82 Å². The third kappa shape index (κ3) is 3.60. The van der Waals surface area contributed by atoms with Gasteiger partial charge in [0, 0.05) is 11.8 Å². The molecule has 0 radical (unpaired) electrons. The molecule has 106 valence electrons. The zero-order valence-corrected chi connectivity index (χ0v) is 12.2. The van der Waals surface area contributed by atoms with E-state index in [1.54, 1.807) is 19.9 Å². The number of carbonyl (C=O) groups excluding carboxylic acids is 1. The summed E-state index contributed by atoms with van der Waals surface area (Å²) >= 11 is 0. The van der Waals surface area contributed by atoms with Gasteiger partial charge in [-0.3, -0.25) is 4.79 Å². The zero-order valence-electron chi connectivity index (χ0n) is 12.2. The van der Waals surface area contributed by atoms with Gasteiger partial charge < -0.3 is 15.2 Å². The normalized spacial score (nSPS) is 12.0. The second kappa shape index (κ2) is 5.77. The van der Waals surface area contributed by atoms with Crippen molar-refractivity contribution >= 4 is 17.4 Å². The number of carbonyl (C=O) groups is 1. The lowest BCUT2D eigenvalue weighted by atomic mass is 10.1. The molecule has 1 aromatic carbocycles.